The van der Waals surface area contributed by atoms with Crippen LogP contribution in [0.3, 0.4) is 0 Å². The number of hydrogen-bond acceptors (Lipinski definition) is 6. The van der Waals surface area contributed by atoms with Crippen LogP contribution in [0.2, 0.25) is 0 Å². The van der Waals surface area contributed by atoms with Gasteiger partial charge in [-0.3, -0.25) is 9.80 Å². The number of hydrogen-bond donors (Lipinski definition) is 0. The van der Waals surface area contributed by atoms with Gasteiger partial charge in [-0.2, -0.15) is 0 Å². The average molecular weight is 383 g/mol. The summed E-state index contributed by atoms with van der Waals surface area (Å²) in [6.07, 6.45) is 0. The van der Waals surface area contributed by atoms with Crippen LogP contribution >= 0.6 is 11.3 Å². The van der Waals surface area contributed by atoms with Gasteiger partial charge in [0.15, 0.2) is 0 Å². The van der Waals surface area contributed by atoms with Crippen LogP contribution in [-0.2, 0) is 13.1 Å². The zero-order valence-corrected chi connectivity index (χ0v) is 16.8. The predicted molar refractivity (Wildman–Crippen MR) is 109 cm³/mol. The maximum Gasteiger partial charge on any atom is 0.257 e. The van der Waals surface area contributed by atoms with Crippen LogP contribution in [0, 0.1) is 0 Å². The minimum absolute atomic E-state index is 0.590. The fraction of sp³-hybridized carbons (Fsp3) is 0.429. The highest BCUT2D eigenvalue weighted by molar-refractivity contribution is 7.13. The molecular formula is C21H26N4OS. The third-order valence-corrected chi connectivity index (χ3v) is 5.93. The van der Waals surface area contributed by atoms with Crippen LogP contribution in [0.1, 0.15) is 36.8 Å². The van der Waals surface area contributed by atoms with E-state index in [0.29, 0.717) is 17.7 Å². The van der Waals surface area contributed by atoms with Crippen molar-refractivity contribution in [1.29, 1.82) is 0 Å². The van der Waals surface area contributed by atoms with Gasteiger partial charge in [-0.25, -0.2) is 0 Å². The number of nitrogens with zero attached hydrogens (tertiary/aromatic N) is 4. The number of benzene rings is 1. The molecule has 0 aliphatic carbocycles. The molecule has 2 aromatic heterocycles. The van der Waals surface area contributed by atoms with E-state index < -0.39 is 0 Å². The van der Waals surface area contributed by atoms with E-state index in [1.165, 1.54) is 11.1 Å². The highest BCUT2D eigenvalue weighted by Gasteiger charge is 2.19. The fourth-order valence-electron chi connectivity index (χ4n) is 3.38. The van der Waals surface area contributed by atoms with Gasteiger partial charge in [-0.1, -0.05) is 44.2 Å². The Hall–Kier alpha value is -2.02. The van der Waals surface area contributed by atoms with Crippen molar-refractivity contribution in [3.05, 3.63) is 58.8 Å². The summed E-state index contributed by atoms with van der Waals surface area (Å²) in [5, 5.41) is 10.4. The summed E-state index contributed by atoms with van der Waals surface area (Å²) in [4.78, 5) is 5.94. The van der Waals surface area contributed by atoms with Gasteiger partial charge in [-0.15, -0.1) is 21.5 Å². The summed E-state index contributed by atoms with van der Waals surface area (Å²) in [6, 6.07) is 13.1. The molecule has 5 nitrogen and oxygen atoms in total. The molecule has 0 amide bonds. The van der Waals surface area contributed by atoms with Crippen molar-refractivity contribution < 1.29 is 4.42 Å². The summed E-state index contributed by atoms with van der Waals surface area (Å²) in [7, 11) is 0. The Labute approximate surface area is 164 Å². The van der Waals surface area contributed by atoms with Crippen LogP contribution < -0.4 is 0 Å². The molecule has 0 saturated carbocycles. The van der Waals surface area contributed by atoms with Crippen molar-refractivity contribution in [1.82, 2.24) is 20.0 Å². The molecule has 0 unspecified atom stereocenters. The third kappa shape index (κ3) is 4.64. The van der Waals surface area contributed by atoms with Crippen LogP contribution in [-0.4, -0.2) is 46.2 Å². The lowest BCUT2D eigenvalue weighted by Gasteiger charge is -2.34. The standard InChI is InChI=1S/C21H26N4OS/c1-16(2)18-7-5-17(6-8-18)14-24-9-11-25(12-10-24)15-20-22-23-21(26-20)19-4-3-13-27-19/h3-8,13,16H,9-12,14-15H2,1-2H3. The van der Waals surface area contributed by atoms with E-state index in [1.54, 1.807) is 11.3 Å². The summed E-state index contributed by atoms with van der Waals surface area (Å²) in [5.41, 5.74) is 2.80. The van der Waals surface area contributed by atoms with E-state index in [0.717, 1.165) is 44.1 Å². The minimum Gasteiger partial charge on any atom is -0.419 e. The van der Waals surface area contributed by atoms with Crippen LogP contribution in [0.5, 0.6) is 0 Å². The van der Waals surface area contributed by atoms with Crippen molar-refractivity contribution in [2.75, 3.05) is 26.2 Å². The van der Waals surface area contributed by atoms with Gasteiger partial charge in [0.1, 0.15) is 0 Å². The van der Waals surface area contributed by atoms with Crippen molar-refractivity contribution in [2.24, 2.45) is 0 Å². The van der Waals surface area contributed by atoms with E-state index in [2.05, 4.69) is 58.1 Å². The molecule has 3 heterocycles. The molecule has 1 saturated heterocycles. The Morgan fingerprint density at radius 2 is 1.67 bits per heavy atom. The smallest absolute Gasteiger partial charge is 0.257 e. The Bertz CT molecular complexity index is 833. The van der Waals surface area contributed by atoms with Gasteiger partial charge in [0, 0.05) is 32.7 Å². The van der Waals surface area contributed by atoms with E-state index in [4.69, 9.17) is 4.42 Å². The SMILES string of the molecule is CC(C)c1ccc(CN2CCN(Cc3nnc(-c4cccs4)o3)CC2)cc1. The first kappa shape index (κ1) is 18.3. The number of thiophene rings is 1. The Morgan fingerprint density at radius 3 is 2.30 bits per heavy atom. The van der Waals surface area contributed by atoms with Gasteiger partial charge in [-0.05, 0) is 28.5 Å². The molecule has 27 heavy (non-hydrogen) atoms. The summed E-state index contributed by atoms with van der Waals surface area (Å²) in [6.45, 7) is 10.4. The third-order valence-electron chi connectivity index (χ3n) is 5.08. The van der Waals surface area contributed by atoms with Gasteiger partial charge in [0.2, 0.25) is 5.89 Å². The maximum absolute atomic E-state index is 5.82. The molecule has 1 fully saturated rings. The fourth-order valence-corrected chi connectivity index (χ4v) is 4.02. The van der Waals surface area contributed by atoms with Gasteiger partial charge >= 0.3 is 0 Å². The molecule has 6 heteroatoms. The molecule has 0 N–H and O–H groups in total. The van der Waals surface area contributed by atoms with Crippen LogP contribution in [0.4, 0.5) is 0 Å². The molecule has 4 rings (SSSR count). The first-order chi connectivity index (χ1) is 13.2. The second kappa shape index (κ2) is 8.33. The second-order valence-electron chi connectivity index (χ2n) is 7.43. The summed E-state index contributed by atoms with van der Waals surface area (Å²) >= 11 is 1.62. The van der Waals surface area contributed by atoms with Crippen molar-refractivity contribution in [3.8, 4) is 10.8 Å². The highest BCUT2D eigenvalue weighted by Crippen LogP contribution is 2.23. The van der Waals surface area contributed by atoms with Gasteiger partial charge in [0.05, 0.1) is 11.4 Å². The summed E-state index contributed by atoms with van der Waals surface area (Å²) in [5.74, 6) is 1.92. The van der Waals surface area contributed by atoms with Gasteiger partial charge < -0.3 is 4.42 Å². The number of rotatable bonds is 6. The van der Waals surface area contributed by atoms with Crippen molar-refractivity contribution >= 4 is 11.3 Å². The van der Waals surface area contributed by atoms with E-state index in [1.807, 2.05) is 17.5 Å². The Balaban J connectivity index is 1.26. The maximum atomic E-state index is 5.82. The molecule has 1 aliphatic rings. The first-order valence-corrected chi connectivity index (χ1v) is 10.4. The van der Waals surface area contributed by atoms with Crippen LogP contribution in [0.25, 0.3) is 10.8 Å². The zero-order valence-electron chi connectivity index (χ0n) is 16.0. The predicted octanol–water partition coefficient (Wildman–Crippen LogP) is 4.24. The molecule has 0 bridgehead atoms. The Morgan fingerprint density at radius 1 is 0.963 bits per heavy atom. The molecule has 142 valence electrons. The molecular weight excluding hydrogens is 356 g/mol. The Kier molecular flexibility index (Phi) is 5.66. The molecule has 0 radical (unpaired) electrons. The number of aromatic nitrogens is 2. The highest BCUT2D eigenvalue weighted by atomic mass is 32.1. The van der Waals surface area contributed by atoms with Crippen molar-refractivity contribution in [2.45, 2.75) is 32.9 Å². The first-order valence-electron chi connectivity index (χ1n) is 9.57. The van der Waals surface area contributed by atoms with Crippen molar-refractivity contribution in [3.63, 3.8) is 0 Å². The minimum atomic E-state index is 0.590. The van der Waals surface area contributed by atoms with Crippen LogP contribution in [0.15, 0.2) is 46.2 Å². The lowest BCUT2D eigenvalue weighted by molar-refractivity contribution is 0.114. The van der Waals surface area contributed by atoms with Gasteiger partial charge in [0.25, 0.3) is 5.89 Å². The average Bonchev–Trinajstić information content (AvgIpc) is 3.35. The monoisotopic (exact) mass is 382 g/mol. The molecule has 1 aromatic carbocycles. The second-order valence-corrected chi connectivity index (χ2v) is 8.37. The topological polar surface area (TPSA) is 45.4 Å². The largest absolute Gasteiger partial charge is 0.419 e. The molecule has 0 atom stereocenters. The van der Waals surface area contributed by atoms with E-state index >= 15 is 0 Å². The molecule has 3 aromatic rings. The van der Waals surface area contributed by atoms with E-state index in [-0.39, 0.29) is 0 Å². The quantitative estimate of drug-likeness (QED) is 0.638. The summed E-state index contributed by atoms with van der Waals surface area (Å²) < 4.78 is 5.82. The lowest BCUT2D eigenvalue weighted by Crippen LogP contribution is -2.45. The molecule has 0 spiro atoms. The normalized spacial score (nSPS) is 16.3. The lowest BCUT2D eigenvalue weighted by atomic mass is 10.0. The molecule has 1 aliphatic heterocycles. The number of piperazine rings is 1. The van der Waals surface area contributed by atoms with E-state index in [9.17, 15) is 0 Å². The zero-order chi connectivity index (χ0) is 18.6.